The van der Waals surface area contributed by atoms with Crippen molar-refractivity contribution in [1.82, 2.24) is 20.3 Å². The van der Waals surface area contributed by atoms with Gasteiger partial charge < -0.3 is 10.3 Å². The van der Waals surface area contributed by atoms with E-state index < -0.39 is 0 Å². The van der Waals surface area contributed by atoms with E-state index in [0.29, 0.717) is 5.69 Å². The number of carbonyl (C=O) groups is 1. The van der Waals surface area contributed by atoms with Crippen LogP contribution >= 0.6 is 0 Å². The van der Waals surface area contributed by atoms with Crippen molar-refractivity contribution in [3.63, 3.8) is 0 Å². The van der Waals surface area contributed by atoms with Gasteiger partial charge in [0.05, 0.1) is 17.1 Å². The molecule has 0 aliphatic carbocycles. The van der Waals surface area contributed by atoms with Crippen molar-refractivity contribution >= 4 is 16.9 Å². The van der Waals surface area contributed by atoms with Gasteiger partial charge in [-0.15, -0.1) is 0 Å². The van der Waals surface area contributed by atoms with Crippen LogP contribution in [0.15, 0.2) is 48.7 Å². The van der Waals surface area contributed by atoms with Crippen molar-refractivity contribution in [3.8, 4) is 0 Å². The zero-order valence-corrected chi connectivity index (χ0v) is 13.3. The Morgan fingerprint density at radius 3 is 2.70 bits per heavy atom. The van der Waals surface area contributed by atoms with Crippen LogP contribution in [0.25, 0.3) is 11.0 Å². The summed E-state index contributed by atoms with van der Waals surface area (Å²) in [4.78, 5) is 24.5. The smallest absolute Gasteiger partial charge is 0.270 e. The zero-order chi connectivity index (χ0) is 16.2. The summed E-state index contributed by atoms with van der Waals surface area (Å²) in [5.74, 6) is 0.851. The van der Waals surface area contributed by atoms with Crippen molar-refractivity contribution in [3.05, 3.63) is 60.2 Å². The van der Waals surface area contributed by atoms with Gasteiger partial charge in [0.2, 0.25) is 0 Å². The predicted molar refractivity (Wildman–Crippen MR) is 90.0 cm³/mol. The van der Waals surface area contributed by atoms with Crippen molar-refractivity contribution in [2.45, 2.75) is 26.3 Å². The Kier molecular flexibility index (Phi) is 4.37. The number of amides is 1. The van der Waals surface area contributed by atoms with Crippen molar-refractivity contribution in [2.24, 2.45) is 5.92 Å². The average molecular weight is 308 g/mol. The number of rotatable bonds is 5. The molecule has 0 radical (unpaired) electrons. The van der Waals surface area contributed by atoms with Crippen LogP contribution in [-0.2, 0) is 0 Å². The molecule has 5 heteroatoms. The third kappa shape index (κ3) is 3.23. The molecule has 3 aromatic rings. The molecule has 0 spiro atoms. The first-order valence-corrected chi connectivity index (χ1v) is 7.85. The second-order valence-electron chi connectivity index (χ2n) is 5.69. The van der Waals surface area contributed by atoms with Gasteiger partial charge in [0.25, 0.3) is 5.91 Å². The van der Waals surface area contributed by atoms with Gasteiger partial charge >= 0.3 is 0 Å². The molecule has 0 unspecified atom stereocenters. The monoisotopic (exact) mass is 308 g/mol. The molecule has 2 aromatic heterocycles. The van der Waals surface area contributed by atoms with Crippen LogP contribution in [0.3, 0.4) is 0 Å². The summed E-state index contributed by atoms with van der Waals surface area (Å²) in [6.07, 6.45) is 2.55. The lowest BCUT2D eigenvalue weighted by Crippen LogP contribution is -2.33. The maximum atomic E-state index is 12.4. The highest BCUT2D eigenvalue weighted by Crippen LogP contribution is 2.24. The van der Waals surface area contributed by atoms with Crippen LogP contribution in [0.4, 0.5) is 0 Å². The van der Waals surface area contributed by atoms with Gasteiger partial charge in [-0.05, 0) is 30.2 Å². The fourth-order valence-corrected chi connectivity index (χ4v) is 2.55. The van der Waals surface area contributed by atoms with Crippen molar-refractivity contribution in [2.75, 3.05) is 0 Å². The number of nitrogens with one attached hydrogen (secondary N) is 2. The minimum atomic E-state index is -0.184. The van der Waals surface area contributed by atoms with E-state index in [-0.39, 0.29) is 17.9 Å². The molecule has 23 heavy (non-hydrogen) atoms. The van der Waals surface area contributed by atoms with Crippen LogP contribution in [0.2, 0.25) is 0 Å². The van der Waals surface area contributed by atoms with E-state index in [2.05, 4.69) is 34.1 Å². The minimum absolute atomic E-state index is 0.179. The number of fused-ring (bicyclic) bond motifs is 1. The summed E-state index contributed by atoms with van der Waals surface area (Å²) in [6.45, 7) is 4.21. The highest BCUT2D eigenvalue weighted by atomic mass is 16.1. The molecule has 3 rings (SSSR count). The summed E-state index contributed by atoms with van der Waals surface area (Å²) in [6, 6.07) is 13.0. The summed E-state index contributed by atoms with van der Waals surface area (Å²) in [5, 5.41) is 3.07. The quantitative estimate of drug-likeness (QED) is 0.758. The second-order valence-corrected chi connectivity index (χ2v) is 5.69. The van der Waals surface area contributed by atoms with E-state index in [1.54, 1.807) is 24.4 Å². The lowest BCUT2D eigenvalue weighted by atomic mass is 9.98. The minimum Gasteiger partial charge on any atom is -0.340 e. The molecule has 118 valence electrons. The van der Waals surface area contributed by atoms with Crippen LogP contribution in [0, 0.1) is 5.92 Å². The number of nitrogens with zero attached hydrogens (tertiary/aromatic N) is 2. The highest BCUT2D eigenvalue weighted by Gasteiger charge is 2.24. The first-order valence-electron chi connectivity index (χ1n) is 7.85. The van der Waals surface area contributed by atoms with Crippen molar-refractivity contribution < 1.29 is 4.79 Å². The molecule has 0 aliphatic rings. The molecule has 5 nitrogen and oxygen atoms in total. The third-order valence-electron chi connectivity index (χ3n) is 4.10. The number of imidazole rings is 1. The average Bonchev–Trinajstić information content (AvgIpc) is 3.03. The van der Waals surface area contributed by atoms with E-state index in [0.717, 1.165) is 23.3 Å². The van der Waals surface area contributed by atoms with Gasteiger partial charge in [-0.1, -0.05) is 38.5 Å². The van der Waals surface area contributed by atoms with Gasteiger partial charge in [-0.3, -0.25) is 9.78 Å². The van der Waals surface area contributed by atoms with Gasteiger partial charge in [0, 0.05) is 6.20 Å². The molecule has 2 N–H and O–H groups in total. The van der Waals surface area contributed by atoms with Gasteiger partial charge in [0.15, 0.2) is 0 Å². The lowest BCUT2D eigenvalue weighted by Gasteiger charge is -2.22. The van der Waals surface area contributed by atoms with E-state index in [1.165, 1.54) is 0 Å². The van der Waals surface area contributed by atoms with E-state index in [9.17, 15) is 4.79 Å². The summed E-state index contributed by atoms with van der Waals surface area (Å²) >= 11 is 0. The number of benzene rings is 1. The molecular weight excluding hydrogens is 288 g/mol. The number of aromatic amines is 1. The fraction of sp³-hybridized carbons (Fsp3) is 0.278. The van der Waals surface area contributed by atoms with E-state index in [4.69, 9.17) is 0 Å². The molecule has 2 heterocycles. The van der Waals surface area contributed by atoms with Gasteiger partial charge in [-0.25, -0.2) is 4.98 Å². The predicted octanol–water partition coefficient (Wildman–Crippen LogP) is 3.48. The second kappa shape index (κ2) is 6.60. The van der Waals surface area contributed by atoms with Crippen LogP contribution in [0.5, 0.6) is 0 Å². The number of H-pyrrole nitrogens is 1. The molecule has 1 aromatic carbocycles. The summed E-state index contributed by atoms with van der Waals surface area (Å²) < 4.78 is 0. The molecule has 0 aliphatic heterocycles. The van der Waals surface area contributed by atoms with Crippen molar-refractivity contribution in [1.29, 1.82) is 0 Å². The van der Waals surface area contributed by atoms with Crippen LogP contribution in [-0.4, -0.2) is 20.9 Å². The van der Waals surface area contributed by atoms with Crippen LogP contribution in [0.1, 0.15) is 42.6 Å². The topological polar surface area (TPSA) is 70.7 Å². The van der Waals surface area contributed by atoms with Gasteiger partial charge in [0.1, 0.15) is 11.5 Å². The number of para-hydroxylation sites is 2. The van der Waals surface area contributed by atoms with E-state index in [1.807, 2.05) is 24.3 Å². The maximum absolute atomic E-state index is 12.4. The molecule has 0 saturated carbocycles. The Morgan fingerprint density at radius 2 is 2.00 bits per heavy atom. The molecule has 1 amide bonds. The summed E-state index contributed by atoms with van der Waals surface area (Å²) in [7, 11) is 0. The normalized spacial score (nSPS) is 13.7. The number of hydrogen-bond acceptors (Lipinski definition) is 3. The molecular formula is C18H20N4O. The first-order chi connectivity index (χ1) is 11.2. The standard InChI is InChI=1S/C18H20N4O/c1-3-12(2)16(22-18(23)15-10-6-7-11-19-15)17-20-13-8-4-5-9-14(13)21-17/h4-12,16H,3H2,1-2H3,(H,20,21)(H,22,23)/t12-,16-/m0/s1. The molecule has 2 atom stereocenters. The molecule has 0 saturated heterocycles. The fourth-order valence-electron chi connectivity index (χ4n) is 2.55. The zero-order valence-electron chi connectivity index (χ0n) is 13.3. The van der Waals surface area contributed by atoms with Gasteiger partial charge in [-0.2, -0.15) is 0 Å². The number of aromatic nitrogens is 3. The molecule has 0 fully saturated rings. The Hall–Kier alpha value is -2.69. The Balaban J connectivity index is 1.90. The third-order valence-corrected chi connectivity index (χ3v) is 4.10. The number of hydrogen-bond donors (Lipinski definition) is 2. The summed E-state index contributed by atoms with van der Waals surface area (Å²) in [5.41, 5.74) is 2.29. The Morgan fingerprint density at radius 1 is 1.22 bits per heavy atom. The first kappa shape index (κ1) is 15.2. The number of pyridine rings is 1. The van der Waals surface area contributed by atoms with E-state index >= 15 is 0 Å². The largest absolute Gasteiger partial charge is 0.340 e. The Bertz CT molecular complexity index is 764. The maximum Gasteiger partial charge on any atom is 0.270 e. The molecule has 0 bridgehead atoms. The number of carbonyl (C=O) groups excluding carboxylic acids is 1. The highest BCUT2D eigenvalue weighted by molar-refractivity contribution is 5.92. The Labute approximate surface area is 135 Å². The van der Waals surface area contributed by atoms with Crippen LogP contribution < -0.4 is 5.32 Å². The SMILES string of the molecule is CC[C@H](C)[C@H](NC(=O)c1ccccn1)c1nc2ccccc2[nH]1. The lowest BCUT2D eigenvalue weighted by molar-refractivity contribution is 0.0915.